The normalized spacial score (nSPS) is 12.3. The standard InChI is InChI=1S/C38H71N3O12/c1-32(42)20-21-33(38(48)49)41-36(45)31-53-29-27-51-25-23-40-35(44)30-52-28-26-50-24-22-39-34(43)18-16-14-12-10-8-6-4-2-3-5-7-9-11-13-15-17-19-37(46)47/h32-33,42H,2-31H2,1H3,(H,39,43)(H,40,44)(H,41,45)(H,46,47)(H,48,49)/t32-,33-/m0/s1. The highest BCUT2D eigenvalue weighted by Gasteiger charge is 2.20. The Labute approximate surface area is 317 Å². The van der Waals surface area contributed by atoms with Crippen molar-refractivity contribution in [2.24, 2.45) is 0 Å². The van der Waals surface area contributed by atoms with E-state index in [1.165, 1.54) is 70.6 Å². The fraction of sp³-hybridized carbons (Fsp3) is 0.868. The van der Waals surface area contributed by atoms with E-state index in [0.29, 0.717) is 32.6 Å². The Bertz CT molecular complexity index is 938. The summed E-state index contributed by atoms with van der Waals surface area (Å²) in [6.07, 6.45) is 19.5. The number of unbranched alkanes of at least 4 members (excludes halogenated alkanes) is 15. The fourth-order valence-electron chi connectivity index (χ4n) is 5.37. The number of aliphatic hydroxyl groups is 1. The van der Waals surface area contributed by atoms with Crippen molar-refractivity contribution < 1.29 is 58.2 Å². The van der Waals surface area contributed by atoms with Gasteiger partial charge in [0.1, 0.15) is 19.3 Å². The van der Waals surface area contributed by atoms with Crippen molar-refractivity contribution in [1.82, 2.24) is 16.0 Å². The molecule has 0 aliphatic carbocycles. The van der Waals surface area contributed by atoms with Crippen LogP contribution in [0.25, 0.3) is 0 Å². The molecule has 6 N–H and O–H groups in total. The number of carboxylic acid groups (broad SMARTS) is 2. The van der Waals surface area contributed by atoms with Crippen molar-refractivity contribution >= 4 is 29.7 Å². The molecular weight excluding hydrogens is 690 g/mol. The first-order valence-corrected chi connectivity index (χ1v) is 19.9. The maximum absolute atomic E-state index is 12.0. The second kappa shape index (κ2) is 37.5. The van der Waals surface area contributed by atoms with Crippen LogP contribution in [0.5, 0.6) is 0 Å². The molecule has 0 fully saturated rings. The van der Waals surface area contributed by atoms with Gasteiger partial charge in [0, 0.05) is 25.9 Å². The summed E-state index contributed by atoms with van der Waals surface area (Å²) in [4.78, 5) is 57.4. The Balaban J connectivity index is 3.40. The van der Waals surface area contributed by atoms with Gasteiger partial charge < -0.3 is 50.2 Å². The van der Waals surface area contributed by atoms with Crippen LogP contribution in [0.1, 0.15) is 135 Å². The van der Waals surface area contributed by atoms with Gasteiger partial charge in [-0.1, -0.05) is 89.9 Å². The summed E-state index contributed by atoms with van der Waals surface area (Å²) in [5.41, 5.74) is 0. The molecule has 0 aromatic carbocycles. The Morgan fingerprint density at radius 3 is 1.32 bits per heavy atom. The van der Waals surface area contributed by atoms with Crippen LogP contribution in [0.3, 0.4) is 0 Å². The van der Waals surface area contributed by atoms with Gasteiger partial charge in [0.15, 0.2) is 0 Å². The minimum Gasteiger partial charge on any atom is -0.481 e. The Morgan fingerprint density at radius 2 is 0.887 bits per heavy atom. The Kier molecular flexibility index (Phi) is 35.5. The molecule has 0 aromatic rings. The Morgan fingerprint density at radius 1 is 0.491 bits per heavy atom. The van der Waals surface area contributed by atoms with Gasteiger partial charge in [-0.15, -0.1) is 0 Å². The third-order valence-electron chi connectivity index (χ3n) is 8.40. The quantitative estimate of drug-likeness (QED) is 0.0486. The highest BCUT2D eigenvalue weighted by atomic mass is 16.5. The lowest BCUT2D eigenvalue weighted by Crippen LogP contribution is -2.43. The van der Waals surface area contributed by atoms with Crippen LogP contribution in [-0.4, -0.2) is 123 Å². The summed E-state index contributed by atoms with van der Waals surface area (Å²) >= 11 is 0. The molecule has 3 amide bonds. The number of carbonyl (C=O) groups excluding carboxylic acids is 3. The lowest BCUT2D eigenvalue weighted by Gasteiger charge is -2.15. The zero-order valence-corrected chi connectivity index (χ0v) is 32.4. The summed E-state index contributed by atoms with van der Waals surface area (Å²) in [6, 6.07) is -1.09. The zero-order valence-electron chi connectivity index (χ0n) is 32.4. The van der Waals surface area contributed by atoms with E-state index in [9.17, 15) is 29.1 Å². The number of amides is 3. The van der Waals surface area contributed by atoms with Crippen LogP contribution in [0, 0.1) is 0 Å². The number of rotatable bonds is 40. The van der Waals surface area contributed by atoms with E-state index in [1.54, 1.807) is 6.92 Å². The minimum absolute atomic E-state index is 0.0373. The summed E-state index contributed by atoms with van der Waals surface area (Å²) < 4.78 is 21.2. The summed E-state index contributed by atoms with van der Waals surface area (Å²) in [5.74, 6) is -2.70. The largest absolute Gasteiger partial charge is 0.481 e. The first-order chi connectivity index (χ1) is 25.6. The number of carbonyl (C=O) groups is 5. The van der Waals surface area contributed by atoms with Gasteiger partial charge >= 0.3 is 11.9 Å². The molecule has 0 bridgehead atoms. The molecule has 0 saturated heterocycles. The van der Waals surface area contributed by atoms with Gasteiger partial charge in [-0.2, -0.15) is 0 Å². The molecule has 310 valence electrons. The molecule has 0 aliphatic rings. The van der Waals surface area contributed by atoms with Gasteiger partial charge in [-0.05, 0) is 32.6 Å². The predicted molar refractivity (Wildman–Crippen MR) is 201 cm³/mol. The van der Waals surface area contributed by atoms with Gasteiger partial charge in [0.25, 0.3) is 0 Å². The molecule has 0 spiro atoms. The number of aliphatic hydroxyl groups excluding tert-OH is 1. The molecule has 0 saturated carbocycles. The second-order valence-electron chi connectivity index (χ2n) is 13.5. The van der Waals surface area contributed by atoms with Crippen LogP contribution in [-0.2, 0) is 42.9 Å². The number of aliphatic carboxylic acids is 2. The number of nitrogens with one attached hydrogen (secondary N) is 3. The highest BCUT2D eigenvalue weighted by Crippen LogP contribution is 2.14. The minimum atomic E-state index is -1.18. The molecule has 0 unspecified atom stereocenters. The fourth-order valence-corrected chi connectivity index (χ4v) is 5.37. The maximum Gasteiger partial charge on any atom is 0.326 e. The van der Waals surface area contributed by atoms with E-state index < -0.39 is 30.0 Å². The van der Waals surface area contributed by atoms with Crippen LogP contribution >= 0.6 is 0 Å². The lowest BCUT2D eigenvalue weighted by molar-refractivity contribution is -0.143. The van der Waals surface area contributed by atoms with E-state index in [4.69, 9.17) is 29.2 Å². The van der Waals surface area contributed by atoms with Crippen LogP contribution in [0.4, 0.5) is 0 Å². The van der Waals surface area contributed by atoms with E-state index in [0.717, 1.165) is 32.1 Å². The van der Waals surface area contributed by atoms with Crippen molar-refractivity contribution in [2.75, 3.05) is 65.9 Å². The third kappa shape index (κ3) is 38.7. The average molecular weight is 762 g/mol. The molecule has 0 aliphatic heterocycles. The third-order valence-corrected chi connectivity index (χ3v) is 8.40. The summed E-state index contributed by atoms with van der Waals surface area (Å²) in [6.45, 7) is 3.28. The van der Waals surface area contributed by atoms with E-state index in [-0.39, 0.29) is 70.8 Å². The molecule has 0 aromatic heterocycles. The molecule has 53 heavy (non-hydrogen) atoms. The first kappa shape index (κ1) is 50.1. The van der Waals surface area contributed by atoms with Gasteiger partial charge in [0.05, 0.1) is 45.7 Å². The number of hydrogen-bond acceptors (Lipinski definition) is 10. The maximum atomic E-state index is 12.0. The van der Waals surface area contributed by atoms with Crippen molar-refractivity contribution in [1.29, 1.82) is 0 Å². The van der Waals surface area contributed by atoms with Crippen molar-refractivity contribution in [3.8, 4) is 0 Å². The molecule has 0 rings (SSSR count). The molecule has 15 nitrogen and oxygen atoms in total. The molecule has 0 radical (unpaired) electrons. The molecular formula is C38H71N3O12. The number of ether oxygens (including phenoxy) is 4. The zero-order chi connectivity index (χ0) is 39.2. The van der Waals surface area contributed by atoms with Crippen molar-refractivity contribution in [3.63, 3.8) is 0 Å². The topological polar surface area (TPSA) is 219 Å². The van der Waals surface area contributed by atoms with Crippen molar-refractivity contribution in [3.05, 3.63) is 0 Å². The summed E-state index contributed by atoms with van der Waals surface area (Å²) in [7, 11) is 0. The van der Waals surface area contributed by atoms with Gasteiger partial charge in [0.2, 0.25) is 17.7 Å². The van der Waals surface area contributed by atoms with Crippen LogP contribution in [0.15, 0.2) is 0 Å². The van der Waals surface area contributed by atoms with Crippen LogP contribution in [0.2, 0.25) is 0 Å². The Hall–Kier alpha value is -2.85. The second-order valence-corrected chi connectivity index (χ2v) is 13.5. The highest BCUT2D eigenvalue weighted by molar-refractivity contribution is 5.84. The monoisotopic (exact) mass is 762 g/mol. The van der Waals surface area contributed by atoms with Gasteiger partial charge in [-0.25, -0.2) is 4.79 Å². The number of carboxylic acids is 2. The predicted octanol–water partition coefficient (Wildman–Crippen LogP) is 4.12. The van der Waals surface area contributed by atoms with Gasteiger partial charge in [-0.3, -0.25) is 19.2 Å². The smallest absolute Gasteiger partial charge is 0.326 e. The van der Waals surface area contributed by atoms with Crippen LogP contribution < -0.4 is 16.0 Å². The summed E-state index contributed by atoms with van der Waals surface area (Å²) in [5, 5.41) is 34.9. The average Bonchev–Trinajstić information content (AvgIpc) is 3.11. The molecule has 2 atom stereocenters. The number of hydrogen-bond donors (Lipinski definition) is 6. The molecule has 15 heteroatoms. The van der Waals surface area contributed by atoms with E-state index in [2.05, 4.69) is 16.0 Å². The molecule has 0 heterocycles. The van der Waals surface area contributed by atoms with E-state index >= 15 is 0 Å². The van der Waals surface area contributed by atoms with Crippen molar-refractivity contribution in [2.45, 2.75) is 147 Å². The SMILES string of the molecule is C[C@H](O)CC[C@H](NC(=O)COCCOCCNC(=O)COCCOCCNC(=O)CCCCCCCCCCCCCCCCCCC(=O)O)C(=O)O. The van der Waals surface area contributed by atoms with E-state index in [1.807, 2.05) is 0 Å². The lowest BCUT2D eigenvalue weighted by atomic mass is 10.0. The first-order valence-electron chi connectivity index (χ1n) is 19.9.